The first-order valence-corrected chi connectivity index (χ1v) is 9.40. The molecule has 0 bridgehead atoms. The van der Waals surface area contributed by atoms with E-state index in [0.717, 1.165) is 43.1 Å². The number of carbonyl (C=O) groups excluding carboxylic acids is 1. The van der Waals surface area contributed by atoms with Gasteiger partial charge in [-0.25, -0.2) is 0 Å². The van der Waals surface area contributed by atoms with Gasteiger partial charge in [0.2, 0.25) is 5.91 Å². The predicted octanol–water partition coefficient (Wildman–Crippen LogP) is 5.14. The van der Waals surface area contributed by atoms with Gasteiger partial charge >= 0.3 is 0 Å². The standard InChI is InChI=1S/C21H25ClN2O/c1-2-20(16-8-10-18(22)11-9-16)24-14-12-17(13-15-24)21(25)23-19-6-4-3-5-7-19/h3-11,17,20H,2,12-15H2,1H3,(H,23,25)/t20-/m1/s1. The van der Waals surface area contributed by atoms with Crippen LogP contribution in [0.1, 0.15) is 37.8 Å². The molecule has 0 radical (unpaired) electrons. The van der Waals surface area contributed by atoms with E-state index in [-0.39, 0.29) is 11.8 Å². The molecule has 2 aromatic rings. The number of halogens is 1. The van der Waals surface area contributed by atoms with Gasteiger partial charge in [0.15, 0.2) is 0 Å². The van der Waals surface area contributed by atoms with Crippen molar-refractivity contribution in [3.05, 3.63) is 65.2 Å². The fourth-order valence-electron chi connectivity index (χ4n) is 3.63. The van der Waals surface area contributed by atoms with E-state index in [0.29, 0.717) is 6.04 Å². The molecule has 1 aliphatic rings. The van der Waals surface area contributed by atoms with E-state index in [4.69, 9.17) is 11.6 Å². The molecular weight excluding hydrogens is 332 g/mol. The van der Waals surface area contributed by atoms with E-state index >= 15 is 0 Å². The Bertz CT molecular complexity index is 679. The fourth-order valence-corrected chi connectivity index (χ4v) is 3.75. The number of nitrogens with zero attached hydrogens (tertiary/aromatic N) is 1. The van der Waals surface area contributed by atoms with E-state index in [9.17, 15) is 4.79 Å². The lowest BCUT2D eigenvalue weighted by molar-refractivity contribution is -0.121. The number of para-hydroxylation sites is 1. The van der Waals surface area contributed by atoms with Gasteiger partial charge in [0.05, 0.1) is 0 Å². The number of anilines is 1. The third-order valence-corrected chi connectivity index (χ3v) is 5.28. The largest absolute Gasteiger partial charge is 0.326 e. The van der Waals surface area contributed by atoms with Crippen LogP contribution in [0.2, 0.25) is 5.02 Å². The summed E-state index contributed by atoms with van der Waals surface area (Å²) in [5.41, 5.74) is 2.18. The van der Waals surface area contributed by atoms with Crippen LogP contribution in [-0.2, 0) is 4.79 Å². The molecule has 1 saturated heterocycles. The molecule has 2 aromatic carbocycles. The molecule has 1 atom stereocenters. The lowest BCUT2D eigenvalue weighted by Crippen LogP contribution is -2.40. The summed E-state index contributed by atoms with van der Waals surface area (Å²) in [7, 11) is 0. The van der Waals surface area contributed by atoms with Gasteiger partial charge in [-0.15, -0.1) is 0 Å². The van der Waals surface area contributed by atoms with Gasteiger partial charge in [-0.2, -0.15) is 0 Å². The highest BCUT2D eigenvalue weighted by Gasteiger charge is 2.28. The molecule has 0 aromatic heterocycles. The van der Waals surface area contributed by atoms with Crippen molar-refractivity contribution in [2.45, 2.75) is 32.2 Å². The number of rotatable bonds is 5. The number of likely N-dealkylation sites (tertiary alicyclic amines) is 1. The summed E-state index contributed by atoms with van der Waals surface area (Å²) >= 11 is 6.01. The summed E-state index contributed by atoms with van der Waals surface area (Å²) in [4.78, 5) is 15.0. The van der Waals surface area contributed by atoms with Gasteiger partial charge in [0.25, 0.3) is 0 Å². The molecule has 132 valence electrons. The van der Waals surface area contributed by atoms with Gasteiger partial charge in [0.1, 0.15) is 0 Å². The Balaban J connectivity index is 1.57. The zero-order valence-electron chi connectivity index (χ0n) is 14.6. The van der Waals surface area contributed by atoms with Crippen LogP contribution >= 0.6 is 11.6 Å². The summed E-state index contributed by atoms with van der Waals surface area (Å²) in [5.74, 6) is 0.240. The average Bonchev–Trinajstić information content (AvgIpc) is 2.65. The van der Waals surface area contributed by atoms with Crippen LogP contribution in [0.5, 0.6) is 0 Å². The van der Waals surface area contributed by atoms with Crippen molar-refractivity contribution in [2.75, 3.05) is 18.4 Å². The Morgan fingerprint density at radius 2 is 1.76 bits per heavy atom. The van der Waals surface area contributed by atoms with Crippen LogP contribution in [0.3, 0.4) is 0 Å². The number of nitrogens with one attached hydrogen (secondary N) is 1. The van der Waals surface area contributed by atoms with Crippen LogP contribution in [0.15, 0.2) is 54.6 Å². The molecule has 3 rings (SSSR count). The number of amides is 1. The monoisotopic (exact) mass is 356 g/mol. The van der Waals surface area contributed by atoms with E-state index < -0.39 is 0 Å². The smallest absolute Gasteiger partial charge is 0.227 e. The maximum atomic E-state index is 12.5. The minimum Gasteiger partial charge on any atom is -0.326 e. The molecule has 25 heavy (non-hydrogen) atoms. The number of hydrogen-bond acceptors (Lipinski definition) is 2. The van der Waals surface area contributed by atoms with E-state index in [1.165, 1.54) is 5.56 Å². The molecule has 1 heterocycles. The van der Waals surface area contributed by atoms with Gasteiger partial charge in [-0.1, -0.05) is 48.9 Å². The van der Waals surface area contributed by atoms with Crippen LogP contribution in [-0.4, -0.2) is 23.9 Å². The average molecular weight is 357 g/mol. The van der Waals surface area contributed by atoms with Crippen LogP contribution in [0.4, 0.5) is 5.69 Å². The SMILES string of the molecule is CC[C@H](c1ccc(Cl)cc1)N1CCC(C(=O)Nc2ccccc2)CC1. The zero-order chi connectivity index (χ0) is 17.6. The van der Waals surface area contributed by atoms with Crippen molar-refractivity contribution < 1.29 is 4.79 Å². The van der Waals surface area contributed by atoms with Gasteiger partial charge in [0, 0.05) is 22.7 Å². The topological polar surface area (TPSA) is 32.3 Å². The van der Waals surface area contributed by atoms with Gasteiger partial charge < -0.3 is 5.32 Å². The van der Waals surface area contributed by atoms with Crippen molar-refractivity contribution in [2.24, 2.45) is 5.92 Å². The van der Waals surface area contributed by atoms with Crippen molar-refractivity contribution in [1.82, 2.24) is 4.90 Å². The summed E-state index contributed by atoms with van der Waals surface area (Å²) < 4.78 is 0. The quantitative estimate of drug-likeness (QED) is 0.804. The molecule has 1 amide bonds. The van der Waals surface area contributed by atoms with Crippen LogP contribution in [0.25, 0.3) is 0 Å². The van der Waals surface area contributed by atoms with E-state index in [2.05, 4.69) is 29.3 Å². The number of benzene rings is 2. The molecule has 1 N–H and O–H groups in total. The molecule has 4 heteroatoms. The normalized spacial score (nSPS) is 17.2. The molecule has 1 fully saturated rings. The van der Waals surface area contributed by atoms with Gasteiger partial charge in [-0.05, 0) is 62.2 Å². The highest BCUT2D eigenvalue weighted by molar-refractivity contribution is 6.30. The van der Waals surface area contributed by atoms with Crippen molar-refractivity contribution in [3.63, 3.8) is 0 Å². The summed E-state index contributed by atoms with van der Waals surface area (Å²) in [6.45, 7) is 4.12. The Labute approximate surface area is 155 Å². The maximum Gasteiger partial charge on any atom is 0.227 e. The number of carbonyl (C=O) groups is 1. The van der Waals surface area contributed by atoms with Gasteiger partial charge in [-0.3, -0.25) is 9.69 Å². The first kappa shape index (κ1) is 18.0. The zero-order valence-corrected chi connectivity index (χ0v) is 15.4. The van der Waals surface area contributed by atoms with Crippen molar-refractivity contribution >= 4 is 23.2 Å². The lowest BCUT2D eigenvalue weighted by Gasteiger charge is -2.37. The highest BCUT2D eigenvalue weighted by atomic mass is 35.5. The maximum absolute atomic E-state index is 12.5. The Morgan fingerprint density at radius 3 is 2.36 bits per heavy atom. The summed E-state index contributed by atoms with van der Waals surface area (Å²) in [6.07, 6.45) is 2.87. The highest BCUT2D eigenvalue weighted by Crippen LogP contribution is 2.30. The molecule has 1 aliphatic heterocycles. The second-order valence-electron chi connectivity index (χ2n) is 6.64. The minimum absolute atomic E-state index is 0.0965. The molecule has 0 spiro atoms. The molecule has 0 saturated carbocycles. The van der Waals surface area contributed by atoms with Crippen LogP contribution < -0.4 is 5.32 Å². The second-order valence-corrected chi connectivity index (χ2v) is 7.08. The Hall–Kier alpha value is -1.84. The molecule has 3 nitrogen and oxygen atoms in total. The summed E-state index contributed by atoms with van der Waals surface area (Å²) in [6, 6.07) is 18.2. The van der Waals surface area contributed by atoms with E-state index in [1.54, 1.807) is 0 Å². The second kappa shape index (κ2) is 8.50. The van der Waals surface area contributed by atoms with Crippen molar-refractivity contribution in [1.29, 1.82) is 0 Å². The third-order valence-electron chi connectivity index (χ3n) is 5.02. The van der Waals surface area contributed by atoms with E-state index in [1.807, 2.05) is 42.5 Å². The fraction of sp³-hybridized carbons (Fsp3) is 0.381. The Morgan fingerprint density at radius 1 is 1.12 bits per heavy atom. The van der Waals surface area contributed by atoms with Crippen molar-refractivity contribution in [3.8, 4) is 0 Å². The first-order chi connectivity index (χ1) is 12.2. The number of piperidine rings is 1. The summed E-state index contributed by atoms with van der Waals surface area (Å²) in [5, 5.41) is 3.81. The first-order valence-electron chi connectivity index (χ1n) is 9.03. The Kier molecular flexibility index (Phi) is 6.11. The lowest BCUT2D eigenvalue weighted by atomic mass is 9.92. The van der Waals surface area contributed by atoms with Crippen LogP contribution in [0, 0.1) is 5.92 Å². The predicted molar refractivity (Wildman–Crippen MR) is 104 cm³/mol. The number of hydrogen-bond donors (Lipinski definition) is 1. The minimum atomic E-state index is 0.0965. The third kappa shape index (κ3) is 4.62. The molecule has 0 aliphatic carbocycles. The molecular formula is C21H25ClN2O. The molecule has 0 unspecified atom stereocenters.